The lowest BCUT2D eigenvalue weighted by molar-refractivity contribution is -0.137. The zero-order valence-corrected chi connectivity index (χ0v) is 11.6. The Balaban J connectivity index is 0. The molecule has 0 rings (SSSR count). The summed E-state index contributed by atoms with van der Waals surface area (Å²) in [5, 5.41) is 26.8. The Morgan fingerprint density at radius 2 is 1.67 bits per heavy atom. The largest absolute Gasteiger partial charge is 0.480 e. The predicted octanol–water partition coefficient (Wildman–Crippen LogP) is -1.11. The molecule has 0 spiro atoms. The number of nitrogens with two attached hydrogens (primary N) is 1. The summed E-state index contributed by atoms with van der Waals surface area (Å²) in [7, 11) is 0. The normalized spacial score (nSPS) is 9.28. The van der Waals surface area contributed by atoms with E-state index in [1.165, 1.54) is 23.5 Å². The predicted molar refractivity (Wildman–Crippen MR) is 73.4 cm³/mol. The van der Waals surface area contributed by atoms with E-state index in [9.17, 15) is 9.59 Å². The van der Waals surface area contributed by atoms with Crippen molar-refractivity contribution >= 4 is 35.4 Å². The maximum absolute atomic E-state index is 10.8. The van der Waals surface area contributed by atoms with Crippen LogP contribution in [-0.2, 0) is 9.59 Å². The molecule has 0 aliphatic rings. The minimum atomic E-state index is -1.06. The highest BCUT2D eigenvalue weighted by atomic mass is 32.2. The van der Waals surface area contributed by atoms with Gasteiger partial charge in [-0.3, -0.25) is 9.59 Å². The van der Waals surface area contributed by atoms with Crippen LogP contribution in [0.15, 0.2) is 0 Å². The number of thioether (sulfide) groups is 2. The fourth-order valence-corrected chi connectivity index (χ4v) is 1.39. The Kier molecular flexibility index (Phi) is 18.2. The van der Waals surface area contributed by atoms with Crippen LogP contribution < -0.4 is 11.1 Å². The van der Waals surface area contributed by atoms with E-state index < -0.39 is 5.97 Å². The van der Waals surface area contributed by atoms with Crippen LogP contribution in [0, 0.1) is 0 Å². The smallest absolute Gasteiger partial charge is 0.322 e. The van der Waals surface area contributed by atoms with Gasteiger partial charge in [0.2, 0.25) is 5.91 Å². The van der Waals surface area contributed by atoms with Gasteiger partial charge in [0.1, 0.15) is 6.54 Å². The van der Waals surface area contributed by atoms with Crippen molar-refractivity contribution in [3.8, 4) is 0 Å². The molecule has 0 aromatic rings. The third-order valence-electron chi connectivity index (χ3n) is 1.36. The summed E-state index contributed by atoms with van der Waals surface area (Å²) in [6.45, 7) is 0.313. The van der Waals surface area contributed by atoms with Crippen molar-refractivity contribution in [1.82, 2.24) is 5.32 Å². The Morgan fingerprint density at radius 3 is 2.06 bits per heavy atom. The number of aliphatic hydroxyl groups excluding tert-OH is 2. The van der Waals surface area contributed by atoms with E-state index in [2.05, 4.69) is 5.32 Å². The van der Waals surface area contributed by atoms with Gasteiger partial charge < -0.3 is 26.4 Å². The van der Waals surface area contributed by atoms with Crippen molar-refractivity contribution in [3.05, 3.63) is 0 Å². The summed E-state index contributed by atoms with van der Waals surface area (Å²) in [5.41, 5.74) is 5.08. The van der Waals surface area contributed by atoms with Crippen LogP contribution in [0.3, 0.4) is 0 Å². The molecule has 0 atom stereocenters. The standard InChI is InChI=1S/C6H11NO4S.C3H9NOS/c8-4-12-2-1-5(9)7-3-6(10)11;4-1-2-6-3-5/h8H,1-4H2,(H,7,9)(H,10,11);5H,1-4H2. The lowest BCUT2D eigenvalue weighted by Gasteiger charge is -2.00. The van der Waals surface area contributed by atoms with Crippen LogP contribution in [0.4, 0.5) is 0 Å². The van der Waals surface area contributed by atoms with Crippen LogP contribution in [0.1, 0.15) is 6.42 Å². The van der Waals surface area contributed by atoms with Crippen LogP contribution in [-0.4, -0.2) is 63.7 Å². The van der Waals surface area contributed by atoms with Crippen molar-refractivity contribution in [2.45, 2.75) is 6.42 Å². The quantitative estimate of drug-likeness (QED) is 0.267. The van der Waals surface area contributed by atoms with E-state index in [1.54, 1.807) is 0 Å². The van der Waals surface area contributed by atoms with Crippen molar-refractivity contribution in [3.63, 3.8) is 0 Å². The molecule has 9 heteroatoms. The molecule has 18 heavy (non-hydrogen) atoms. The number of nitrogens with one attached hydrogen (secondary N) is 1. The maximum atomic E-state index is 10.8. The summed E-state index contributed by atoms with van der Waals surface area (Å²) >= 11 is 2.66. The summed E-state index contributed by atoms with van der Waals surface area (Å²) in [5.74, 6) is 0.165. The van der Waals surface area contributed by atoms with Gasteiger partial charge >= 0.3 is 5.97 Å². The third kappa shape index (κ3) is 20.9. The van der Waals surface area contributed by atoms with Crippen LogP contribution in [0.25, 0.3) is 0 Å². The molecule has 7 nitrogen and oxygen atoms in total. The van der Waals surface area contributed by atoms with Crippen LogP contribution in [0.2, 0.25) is 0 Å². The molecular weight excluding hydrogens is 280 g/mol. The molecule has 0 aromatic carbocycles. The third-order valence-corrected chi connectivity index (χ3v) is 2.74. The highest BCUT2D eigenvalue weighted by molar-refractivity contribution is 7.99. The van der Waals surface area contributed by atoms with E-state index in [-0.39, 0.29) is 30.8 Å². The first kappa shape index (κ1) is 19.9. The second-order valence-electron chi connectivity index (χ2n) is 2.78. The van der Waals surface area contributed by atoms with Gasteiger partial charge in [0.15, 0.2) is 0 Å². The minimum absolute atomic E-state index is 0.0216. The SMILES string of the molecule is NCCSCO.O=C(O)CNC(=O)CCSCO. The molecule has 0 aromatic heterocycles. The van der Waals surface area contributed by atoms with E-state index in [4.69, 9.17) is 21.1 Å². The van der Waals surface area contributed by atoms with E-state index in [0.717, 1.165) is 5.75 Å². The lowest BCUT2D eigenvalue weighted by Crippen LogP contribution is -2.29. The summed E-state index contributed by atoms with van der Waals surface area (Å²) in [6, 6.07) is 0. The van der Waals surface area contributed by atoms with Crippen LogP contribution >= 0.6 is 23.5 Å². The number of aliphatic carboxylic acids is 1. The molecule has 0 bridgehead atoms. The highest BCUT2D eigenvalue weighted by Gasteiger charge is 2.02. The molecule has 0 saturated heterocycles. The molecule has 0 unspecified atom stereocenters. The van der Waals surface area contributed by atoms with Crippen molar-refractivity contribution < 1.29 is 24.9 Å². The second-order valence-corrected chi connectivity index (χ2v) is 4.93. The Morgan fingerprint density at radius 1 is 1.11 bits per heavy atom. The number of amides is 1. The lowest BCUT2D eigenvalue weighted by atomic mass is 10.4. The Hall–Kier alpha value is -0.480. The molecule has 0 saturated carbocycles. The molecule has 6 N–H and O–H groups in total. The second kappa shape index (κ2) is 16.5. The summed E-state index contributed by atoms with van der Waals surface area (Å²) in [4.78, 5) is 20.7. The number of carbonyl (C=O) groups excluding carboxylic acids is 1. The van der Waals surface area contributed by atoms with Crippen LogP contribution in [0.5, 0.6) is 0 Å². The topological polar surface area (TPSA) is 133 Å². The van der Waals surface area contributed by atoms with Crippen molar-refractivity contribution in [1.29, 1.82) is 0 Å². The minimum Gasteiger partial charge on any atom is -0.480 e. The fourth-order valence-electron chi connectivity index (χ4n) is 0.640. The molecule has 0 aliphatic heterocycles. The van der Waals surface area contributed by atoms with Gasteiger partial charge in [0.25, 0.3) is 0 Å². The van der Waals surface area contributed by atoms with Gasteiger partial charge in [-0.15, -0.1) is 23.5 Å². The molecule has 0 fully saturated rings. The van der Waals surface area contributed by atoms with Gasteiger partial charge in [0, 0.05) is 24.5 Å². The molecule has 0 aliphatic carbocycles. The average molecular weight is 300 g/mol. The highest BCUT2D eigenvalue weighted by Crippen LogP contribution is 1.98. The van der Waals surface area contributed by atoms with Gasteiger partial charge in [-0.25, -0.2) is 0 Å². The monoisotopic (exact) mass is 300 g/mol. The number of carboxylic acid groups (broad SMARTS) is 1. The molecule has 108 valence electrons. The first-order valence-electron chi connectivity index (χ1n) is 5.14. The Bertz CT molecular complexity index is 215. The number of hydrogen-bond donors (Lipinski definition) is 5. The molecular formula is C9H20N2O5S2. The first-order valence-corrected chi connectivity index (χ1v) is 7.45. The summed E-state index contributed by atoms with van der Waals surface area (Å²) < 4.78 is 0. The fraction of sp³-hybridized carbons (Fsp3) is 0.778. The van der Waals surface area contributed by atoms with Crippen molar-refractivity contribution in [2.24, 2.45) is 5.73 Å². The van der Waals surface area contributed by atoms with E-state index in [1.807, 2.05) is 0 Å². The van der Waals surface area contributed by atoms with E-state index >= 15 is 0 Å². The Labute approximate surface area is 115 Å². The first-order chi connectivity index (χ1) is 8.58. The number of hydrogen-bond acceptors (Lipinski definition) is 7. The molecule has 0 radical (unpaired) electrons. The summed E-state index contributed by atoms with van der Waals surface area (Å²) in [6.07, 6.45) is 0.235. The van der Waals surface area contributed by atoms with E-state index in [0.29, 0.717) is 12.3 Å². The average Bonchev–Trinajstić information content (AvgIpc) is 2.35. The van der Waals surface area contributed by atoms with Crippen molar-refractivity contribution in [2.75, 3.05) is 36.5 Å². The number of carbonyl (C=O) groups is 2. The maximum Gasteiger partial charge on any atom is 0.322 e. The number of rotatable bonds is 9. The molecule has 1 amide bonds. The van der Waals surface area contributed by atoms with Gasteiger partial charge in [-0.1, -0.05) is 0 Å². The zero-order chi connectivity index (χ0) is 14.2. The zero-order valence-electron chi connectivity index (χ0n) is 10.0. The number of carboxylic acids is 1. The van der Waals surface area contributed by atoms with Gasteiger partial charge in [-0.05, 0) is 0 Å². The van der Waals surface area contributed by atoms with Gasteiger partial charge in [-0.2, -0.15) is 0 Å². The molecule has 0 heterocycles. The number of aliphatic hydroxyl groups is 2. The van der Waals surface area contributed by atoms with Gasteiger partial charge in [0.05, 0.1) is 11.9 Å².